The monoisotopic (exact) mass is 288 g/mol. The van der Waals surface area contributed by atoms with Gasteiger partial charge in [-0.05, 0) is 31.9 Å². The molecule has 0 spiro atoms. The number of unbranched alkanes of at least 4 members (excludes halogenated alkanes) is 3. The fourth-order valence-electron chi connectivity index (χ4n) is 1.99. The number of hydrogen-bond donors (Lipinski definition) is 2. The summed E-state index contributed by atoms with van der Waals surface area (Å²) in [7, 11) is 1.59. The molecule has 0 amide bonds. The maximum atomic E-state index is 9.76. The van der Waals surface area contributed by atoms with Crippen molar-refractivity contribution in [1.82, 2.24) is 0 Å². The second-order valence-electron chi connectivity index (χ2n) is 5.34. The number of hydrogen-bond acceptors (Lipinski definition) is 4. The predicted molar refractivity (Wildman–Crippen MR) is 81.6 cm³/mol. The molecule has 0 aliphatic carbocycles. The van der Waals surface area contributed by atoms with Crippen molar-refractivity contribution >= 4 is 0 Å². The smallest absolute Gasteiger partial charge is 0.177 e. The summed E-state index contributed by atoms with van der Waals surface area (Å²) in [5.41, 5.74) is 0.768. The highest BCUT2D eigenvalue weighted by Crippen LogP contribution is 2.13. The van der Waals surface area contributed by atoms with Gasteiger partial charge < -0.3 is 19.7 Å². The summed E-state index contributed by atoms with van der Waals surface area (Å²) in [5.74, 6) is 0. The molecule has 3 atom stereocenters. The van der Waals surface area contributed by atoms with Crippen LogP contribution in [0.15, 0.2) is 11.6 Å². The van der Waals surface area contributed by atoms with Crippen LogP contribution in [0.3, 0.4) is 0 Å². The van der Waals surface area contributed by atoms with Crippen molar-refractivity contribution in [2.24, 2.45) is 0 Å². The second-order valence-corrected chi connectivity index (χ2v) is 5.34. The van der Waals surface area contributed by atoms with Crippen LogP contribution in [0.25, 0.3) is 0 Å². The molecule has 0 aliphatic heterocycles. The van der Waals surface area contributed by atoms with Crippen molar-refractivity contribution in [3.05, 3.63) is 11.6 Å². The maximum Gasteiger partial charge on any atom is 0.177 e. The normalized spacial score (nSPS) is 17.0. The third-order valence-corrected chi connectivity index (χ3v) is 3.39. The molecule has 20 heavy (non-hydrogen) atoms. The Kier molecular flexibility index (Phi) is 12.1. The first-order valence-electron chi connectivity index (χ1n) is 7.70. The third-order valence-electron chi connectivity index (χ3n) is 3.39. The van der Waals surface area contributed by atoms with Crippen LogP contribution in [0.1, 0.15) is 59.3 Å². The average Bonchev–Trinajstić information content (AvgIpc) is 2.43. The molecular formula is C16H32O4. The lowest BCUT2D eigenvalue weighted by Gasteiger charge is -2.20. The van der Waals surface area contributed by atoms with Crippen LogP contribution in [0.5, 0.6) is 0 Å². The van der Waals surface area contributed by atoms with Crippen molar-refractivity contribution in [1.29, 1.82) is 0 Å². The quantitative estimate of drug-likeness (QED) is 0.329. The van der Waals surface area contributed by atoms with E-state index in [2.05, 4.69) is 6.92 Å². The van der Waals surface area contributed by atoms with Crippen LogP contribution >= 0.6 is 0 Å². The molecule has 0 aromatic carbocycles. The van der Waals surface area contributed by atoms with Gasteiger partial charge in [-0.3, -0.25) is 0 Å². The van der Waals surface area contributed by atoms with E-state index in [0.717, 1.165) is 12.0 Å². The van der Waals surface area contributed by atoms with Gasteiger partial charge in [0, 0.05) is 20.1 Å². The van der Waals surface area contributed by atoms with Crippen molar-refractivity contribution in [2.45, 2.75) is 77.8 Å². The molecule has 0 aromatic heterocycles. The highest BCUT2D eigenvalue weighted by atomic mass is 16.7. The van der Waals surface area contributed by atoms with Crippen molar-refractivity contribution < 1.29 is 19.7 Å². The number of aliphatic hydroxyl groups is 2. The summed E-state index contributed by atoms with van der Waals surface area (Å²) in [6.45, 7) is 6.04. The van der Waals surface area contributed by atoms with Gasteiger partial charge in [0.05, 0.1) is 12.2 Å². The summed E-state index contributed by atoms with van der Waals surface area (Å²) in [6.07, 6.45) is 7.11. The Morgan fingerprint density at radius 3 is 2.45 bits per heavy atom. The Hall–Kier alpha value is -0.420. The zero-order valence-electron chi connectivity index (χ0n) is 13.5. The molecular weight excluding hydrogens is 256 g/mol. The molecule has 0 saturated heterocycles. The molecule has 3 unspecified atom stereocenters. The van der Waals surface area contributed by atoms with E-state index in [1.165, 1.54) is 25.7 Å². The van der Waals surface area contributed by atoms with E-state index in [1.54, 1.807) is 13.2 Å². The summed E-state index contributed by atoms with van der Waals surface area (Å²) in [5, 5.41) is 18.6. The van der Waals surface area contributed by atoms with Crippen molar-refractivity contribution in [3.63, 3.8) is 0 Å². The van der Waals surface area contributed by atoms with Crippen LogP contribution in [-0.4, -0.2) is 42.4 Å². The Morgan fingerprint density at radius 1 is 1.20 bits per heavy atom. The van der Waals surface area contributed by atoms with Crippen molar-refractivity contribution in [3.8, 4) is 0 Å². The molecule has 120 valence electrons. The Balaban J connectivity index is 4.15. The first kappa shape index (κ1) is 19.6. The standard InChI is InChI=1S/C16H32O4/c1-5-6-7-8-9-14(3)20-16(19-4)12-13(2)15(18)10-11-17/h12,14-18H,5-11H2,1-4H3. The van der Waals surface area contributed by atoms with Gasteiger partial charge in [0.25, 0.3) is 0 Å². The largest absolute Gasteiger partial charge is 0.396 e. The molecule has 0 bridgehead atoms. The van der Waals surface area contributed by atoms with Crippen LogP contribution in [-0.2, 0) is 9.47 Å². The average molecular weight is 288 g/mol. The van der Waals surface area contributed by atoms with E-state index < -0.39 is 12.4 Å². The van der Waals surface area contributed by atoms with E-state index >= 15 is 0 Å². The molecule has 0 heterocycles. The Bertz CT molecular complexity index is 253. The van der Waals surface area contributed by atoms with E-state index in [1.807, 2.05) is 13.8 Å². The number of ether oxygens (including phenoxy) is 2. The van der Waals surface area contributed by atoms with E-state index in [9.17, 15) is 5.11 Å². The molecule has 0 aliphatic rings. The van der Waals surface area contributed by atoms with Gasteiger partial charge in [-0.1, -0.05) is 32.6 Å². The van der Waals surface area contributed by atoms with Gasteiger partial charge in [-0.15, -0.1) is 0 Å². The molecule has 2 N–H and O–H groups in total. The lowest BCUT2D eigenvalue weighted by Crippen LogP contribution is -2.22. The van der Waals surface area contributed by atoms with E-state index in [4.69, 9.17) is 14.6 Å². The van der Waals surface area contributed by atoms with Crippen LogP contribution in [0.2, 0.25) is 0 Å². The van der Waals surface area contributed by atoms with E-state index in [-0.39, 0.29) is 12.7 Å². The van der Waals surface area contributed by atoms with Crippen LogP contribution in [0.4, 0.5) is 0 Å². The Labute approximate surface area is 123 Å². The number of methoxy groups -OCH3 is 1. The molecule has 4 nitrogen and oxygen atoms in total. The minimum absolute atomic E-state index is 0.0291. The highest BCUT2D eigenvalue weighted by Gasteiger charge is 2.13. The molecule has 0 radical (unpaired) electrons. The third kappa shape index (κ3) is 9.48. The molecule has 0 rings (SSSR count). The molecule has 4 heteroatoms. The number of aliphatic hydroxyl groups excluding tert-OH is 2. The SMILES string of the molecule is CCCCCCC(C)OC(C=C(C)C(O)CCO)OC. The zero-order valence-corrected chi connectivity index (χ0v) is 13.5. The van der Waals surface area contributed by atoms with Crippen LogP contribution < -0.4 is 0 Å². The summed E-state index contributed by atoms with van der Waals surface area (Å²) in [6, 6.07) is 0. The lowest BCUT2D eigenvalue weighted by atomic mass is 10.1. The topological polar surface area (TPSA) is 58.9 Å². The first-order chi connectivity index (χ1) is 9.54. The van der Waals surface area contributed by atoms with Gasteiger partial charge in [0.1, 0.15) is 0 Å². The fraction of sp³-hybridized carbons (Fsp3) is 0.875. The Morgan fingerprint density at radius 2 is 1.90 bits per heavy atom. The number of rotatable bonds is 12. The fourth-order valence-corrected chi connectivity index (χ4v) is 1.99. The van der Waals surface area contributed by atoms with Crippen LogP contribution in [0, 0.1) is 0 Å². The first-order valence-corrected chi connectivity index (χ1v) is 7.70. The maximum absolute atomic E-state index is 9.76. The van der Waals surface area contributed by atoms with Crippen molar-refractivity contribution in [2.75, 3.05) is 13.7 Å². The minimum Gasteiger partial charge on any atom is -0.396 e. The van der Waals surface area contributed by atoms with Gasteiger partial charge in [0.2, 0.25) is 0 Å². The molecule has 0 fully saturated rings. The van der Waals surface area contributed by atoms with E-state index in [0.29, 0.717) is 6.42 Å². The van der Waals surface area contributed by atoms with Gasteiger partial charge >= 0.3 is 0 Å². The minimum atomic E-state index is -0.638. The molecule has 0 saturated carbocycles. The van der Waals surface area contributed by atoms with Gasteiger partial charge in [0.15, 0.2) is 6.29 Å². The van der Waals surface area contributed by atoms with Gasteiger partial charge in [-0.25, -0.2) is 0 Å². The molecule has 0 aromatic rings. The summed E-state index contributed by atoms with van der Waals surface area (Å²) in [4.78, 5) is 0. The highest BCUT2D eigenvalue weighted by molar-refractivity contribution is 5.06. The summed E-state index contributed by atoms with van der Waals surface area (Å²) >= 11 is 0. The van der Waals surface area contributed by atoms with Gasteiger partial charge in [-0.2, -0.15) is 0 Å². The zero-order chi connectivity index (χ0) is 15.4. The lowest BCUT2D eigenvalue weighted by molar-refractivity contribution is -0.123. The second kappa shape index (κ2) is 12.3. The predicted octanol–water partition coefficient (Wildman–Crippen LogP) is 3.02. The summed E-state index contributed by atoms with van der Waals surface area (Å²) < 4.78 is 11.1.